The number of fused-ring (bicyclic) bond motifs is 1. The summed E-state index contributed by atoms with van der Waals surface area (Å²) in [7, 11) is 0. The number of H-pyrrole nitrogens is 2. The van der Waals surface area contributed by atoms with E-state index in [2.05, 4.69) is 53.6 Å². The minimum absolute atomic E-state index is 0.303. The van der Waals surface area contributed by atoms with Crippen LogP contribution in [0.25, 0.3) is 33.7 Å². The van der Waals surface area contributed by atoms with Crippen molar-refractivity contribution in [3.05, 3.63) is 112 Å². The fourth-order valence-corrected chi connectivity index (χ4v) is 5.01. The monoisotopic (exact) mass is 556 g/mol. The summed E-state index contributed by atoms with van der Waals surface area (Å²) in [6.45, 7) is 18.2. The molecule has 4 rings (SSSR count). The molecule has 0 aliphatic heterocycles. The fraction of sp³-hybridized carbons (Fsp3) is 0.194. The second-order valence-corrected chi connectivity index (χ2v) is 11.0. The van der Waals surface area contributed by atoms with Gasteiger partial charge in [-0.1, -0.05) is 62.9 Å². The van der Waals surface area contributed by atoms with Crippen LogP contribution in [0, 0.1) is 12.8 Å². The van der Waals surface area contributed by atoms with Gasteiger partial charge in [-0.3, -0.25) is 5.10 Å². The Balaban J connectivity index is 1.75. The summed E-state index contributed by atoms with van der Waals surface area (Å²) in [6.07, 6.45) is 11.9. The van der Waals surface area contributed by atoms with Crippen molar-refractivity contribution in [3.8, 4) is 11.5 Å². The van der Waals surface area contributed by atoms with E-state index in [0.29, 0.717) is 17.4 Å². The predicted molar refractivity (Wildman–Crippen MR) is 166 cm³/mol. The molecule has 0 spiro atoms. The number of pyridine rings is 1. The summed E-state index contributed by atoms with van der Waals surface area (Å²) in [5.74, 6) is 0.948. The molecule has 3 N–H and O–H groups in total. The lowest BCUT2D eigenvalue weighted by molar-refractivity contribution is 0.710. The summed E-state index contributed by atoms with van der Waals surface area (Å²) in [5, 5.41) is 11.0. The van der Waals surface area contributed by atoms with Crippen molar-refractivity contribution in [1.82, 2.24) is 30.5 Å². The SMILES string of the molecule is C=C/C(=C\C(=C/C)c1ccc2[nH]nc(-c3nc(/C(=C\C=C/C)c4ccc(Cl)s4)c(C)[nH]3)c2n1)NC(=C)C(C)C. The Morgan fingerprint density at radius 1 is 1.15 bits per heavy atom. The van der Waals surface area contributed by atoms with Crippen molar-refractivity contribution >= 4 is 45.1 Å². The first-order valence-corrected chi connectivity index (χ1v) is 13.9. The molecule has 0 fully saturated rings. The number of nitrogens with one attached hydrogen (secondary N) is 3. The first-order valence-electron chi connectivity index (χ1n) is 12.7. The van der Waals surface area contributed by atoms with E-state index < -0.39 is 0 Å². The number of aryl methyl sites for hydroxylation is 1. The lowest BCUT2D eigenvalue weighted by Crippen LogP contribution is -2.14. The zero-order valence-electron chi connectivity index (χ0n) is 22.9. The number of aromatic nitrogens is 5. The number of hydrogen-bond donors (Lipinski definition) is 3. The summed E-state index contributed by atoms with van der Waals surface area (Å²) in [6, 6.07) is 7.88. The third kappa shape index (κ3) is 6.21. The number of allylic oxidation sites excluding steroid dienone is 8. The molecule has 0 atom stereocenters. The smallest absolute Gasteiger partial charge is 0.161 e. The van der Waals surface area contributed by atoms with Gasteiger partial charge in [0, 0.05) is 27.5 Å². The van der Waals surface area contributed by atoms with Crippen molar-refractivity contribution < 1.29 is 0 Å². The molecular formula is C31H33ClN6S. The van der Waals surface area contributed by atoms with Crippen molar-refractivity contribution in [3.63, 3.8) is 0 Å². The molecular weight excluding hydrogens is 524 g/mol. The van der Waals surface area contributed by atoms with Gasteiger partial charge in [-0.15, -0.1) is 11.3 Å². The molecule has 0 amide bonds. The summed E-state index contributed by atoms with van der Waals surface area (Å²) < 4.78 is 0.733. The van der Waals surface area contributed by atoms with Crippen LogP contribution in [0.4, 0.5) is 0 Å². The summed E-state index contributed by atoms with van der Waals surface area (Å²) in [4.78, 5) is 14.4. The van der Waals surface area contributed by atoms with Gasteiger partial charge in [-0.25, -0.2) is 9.97 Å². The molecule has 0 aliphatic carbocycles. The van der Waals surface area contributed by atoms with Gasteiger partial charge in [-0.05, 0) is 68.7 Å². The Morgan fingerprint density at radius 3 is 2.59 bits per heavy atom. The topological polar surface area (TPSA) is 82.3 Å². The van der Waals surface area contributed by atoms with E-state index in [1.165, 1.54) is 11.3 Å². The van der Waals surface area contributed by atoms with E-state index in [1.54, 1.807) is 6.08 Å². The summed E-state index contributed by atoms with van der Waals surface area (Å²) in [5.41, 5.74) is 8.54. The molecule has 0 aliphatic rings. The Hall–Kier alpha value is -3.94. The number of hydrogen-bond acceptors (Lipinski definition) is 5. The molecule has 39 heavy (non-hydrogen) atoms. The lowest BCUT2D eigenvalue weighted by Gasteiger charge is -2.14. The molecule has 0 radical (unpaired) electrons. The number of halogens is 1. The van der Waals surface area contributed by atoms with Gasteiger partial charge in [0.1, 0.15) is 5.52 Å². The molecule has 4 aromatic rings. The molecule has 0 bridgehead atoms. The third-order valence-corrected chi connectivity index (χ3v) is 7.47. The number of thiophene rings is 1. The van der Waals surface area contributed by atoms with Crippen molar-refractivity contribution in [1.29, 1.82) is 0 Å². The fourth-order valence-electron chi connectivity index (χ4n) is 3.94. The molecule has 4 aromatic heterocycles. The van der Waals surface area contributed by atoms with Crippen LogP contribution in [0.2, 0.25) is 4.34 Å². The Labute approximate surface area is 238 Å². The maximum atomic E-state index is 6.25. The van der Waals surface area contributed by atoms with E-state index in [4.69, 9.17) is 21.6 Å². The van der Waals surface area contributed by atoms with Gasteiger partial charge >= 0.3 is 0 Å². The van der Waals surface area contributed by atoms with Gasteiger partial charge in [0.15, 0.2) is 11.5 Å². The number of rotatable bonds is 10. The highest BCUT2D eigenvalue weighted by molar-refractivity contribution is 7.17. The quantitative estimate of drug-likeness (QED) is 0.171. The molecule has 0 unspecified atom stereocenters. The molecule has 6 nitrogen and oxygen atoms in total. The standard InChI is InChI=1S/C31H33ClN6S/c1-8-11-12-23(26-15-16-27(32)39-26)28-20(7)34-31(36-28)30-29-25(37-38-30)14-13-24(35-29)21(9-2)17-22(10-3)33-19(6)18(4)5/h8-18,33H,3,6H2,1-2,4-5,7H3,(H,34,36)(H,37,38)/b11-8-,21-9+,22-17+,23-12-. The van der Waals surface area contributed by atoms with Crippen LogP contribution in [0.5, 0.6) is 0 Å². The van der Waals surface area contributed by atoms with Gasteiger partial charge in [0.05, 0.1) is 21.2 Å². The highest BCUT2D eigenvalue weighted by atomic mass is 35.5. The van der Waals surface area contributed by atoms with Gasteiger partial charge in [0.25, 0.3) is 0 Å². The minimum Gasteiger partial charge on any atom is -0.359 e. The Kier molecular flexibility index (Phi) is 8.84. The van der Waals surface area contributed by atoms with Crippen LogP contribution in [-0.4, -0.2) is 25.1 Å². The normalized spacial score (nSPS) is 13.2. The third-order valence-electron chi connectivity index (χ3n) is 6.21. The molecule has 0 saturated heterocycles. The average Bonchev–Trinajstić information content (AvgIpc) is 3.64. The van der Waals surface area contributed by atoms with Crippen LogP contribution in [0.15, 0.2) is 85.3 Å². The second kappa shape index (κ2) is 12.3. The molecule has 4 heterocycles. The van der Waals surface area contributed by atoms with Crippen LogP contribution in [-0.2, 0) is 0 Å². The average molecular weight is 557 g/mol. The number of nitrogens with zero attached hydrogens (tertiary/aromatic N) is 3. The van der Waals surface area contributed by atoms with Crippen LogP contribution < -0.4 is 5.32 Å². The van der Waals surface area contributed by atoms with E-state index in [0.717, 1.165) is 59.9 Å². The first kappa shape index (κ1) is 28.1. The Bertz CT molecular complexity index is 1640. The minimum atomic E-state index is 0.303. The largest absolute Gasteiger partial charge is 0.359 e. The van der Waals surface area contributed by atoms with E-state index in [1.807, 2.05) is 69.3 Å². The van der Waals surface area contributed by atoms with Crippen molar-refractivity contribution in [2.45, 2.75) is 34.6 Å². The van der Waals surface area contributed by atoms with Crippen LogP contribution in [0.3, 0.4) is 0 Å². The van der Waals surface area contributed by atoms with Gasteiger partial charge in [0.2, 0.25) is 0 Å². The zero-order chi connectivity index (χ0) is 28.1. The van der Waals surface area contributed by atoms with Gasteiger partial charge < -0.3 is 10.3 Å². The molecule has 200 valence electrons. The van der Waals surface area contributed by atoms with Crippen molar-refractivity contribution in [2.75, 3.05) is 0 Å². The lowest BCUT2D eigenvalue weighted by atomic mass is 10.1. The highest BCUT2D eigenvalue weighted by Crippen LogP contribution is 2.34. The van der Waals surface area contributed by atoms with E-state index in [9.17, 15) is 0 Å². The summed E-state index contributed by atoms with van der Waals surface area (Å²) >= 11 is 7.77. The van der Waals surface area contributed by atoms with Crippen LogP contribution in [0.1, 0.15) is 49.7 Å². The van der Waals surface area contributed by atoms with E-state index in [-0.39, 0.29) is 0 Å². The molecule has 8 heteroatoms. The molecule has 0 saturated carbocycles. The number of imidazole rings is 1. The maximum absolute atomic E-state index is 6.25. The highest BCUT2D eigenvalue weighted by Gasteiger charge is 2.19. The zero-order valence-corrected chi connectivity index (χ0v) is 24.5. The number of aromatic amines is 2. The van der Waals surface area contributed by atoms with Crippen LogP contribution >= 0.6 is 22.9 Å². The first-order chi connectivity index (χ1) is 18.7. The van der Waals surface area contributed by atoms with Crippen molar-refractivity contribution in [2.24, 2.45) is 5.92 Å². The van der Waals surface area contributed by atoms with E-state index >= 15 is 0 Å². The van der Waals surface area contributed by atoms with Gasteiger partial charge in [-0.2, -0.15) is 5.10 Å². The maximum Gasteiger partial charge on any atom is 0.161 e. The molecule has 0 aromatic carbocycles. The second-order valence-electron chi connectivity index (χ2n) is 9.29. The Morgan fingerprint density at radius 2 is 1.95 bits per heavy atom. The predicted octanol–water partition coefficient (Wildman–Crippen LogP) is 8.61.